The average molecular weight is 534 g/mol. The fourth-order valence-corrected chi connectivity index (χ4v) is 3.98. The van der Waals surface area contributed by atoms with Crippen LogP contribution in [0, 0.1) is 12.3 Å². The van der Waals surface area contributed by atoms with Gasteiger partial charge in [0.25, 0.3) is 0 Å². The molecule has 4 aromatic rings. The van der Waals surface area contributed by atoms with Crippen molar-refractivity contribution < 1.29 is 26.3 Å². The first-order valence-electron chi connectivity index (χ1n) is 11.1. The Morgan fingerprint density at radius 1 is 1.00 bits per heavy atom. The summed E-state index contributed by atoms with van der Waals surface area (Å²) in [6.45, 7) is 1.49. The molecule has 4 heterocycles. The van der Waals surface area contributed by atoms with E-state index in [-0.39, 0.29) is 47.3 Å². The number of anilines is 2. The second kappa shape index (κ2) is 9.47. The smallest absolute Gasteiger partial charge is 0.383 e. The van der Waals surface area contributed by atoms with E-state index in [0.29, 0.717) is 17.5 Å². The molecule has 198 valence electrons. The first-order chi connectivity index (χ1) is 17.7. The summed E-state index contributed by atoms with van der Waals surface area (Å²) in [5.74, 6) is 2.11. The molecule has 0 aliphatic rings. The fraction of sp³-hybridized carbons (Fsp3) is 0.292. The van der Waals surface area contributed by atoms with Crippen LogP contribution in [0.2, 0.25) is 0 Å². The molecular weight excluding hydrogens is 514 g/mol. The van der Waals surface area contributed by atoms with Crippen molar-refractivity contribution in [3.8, 4) is 23.9 Å². The number of fused-ring (bicyclic) bond motifs is 1. The van der Waals surface area contributed by atoms with Crippen molar-refractivity contribution in [2.45, 2.75) is 44.0 Å². The minimum atomic E-state index is -4.59. The quantitative estimate of drug-likeness (QED) is 0.274. The van der Waals surface area contributed by atoms with E-state index in [0.717, 1.165) is 12.1 Å². The van der Waals surface area contributed by atoms with Crippen molar-refractivity contribution in [3.63, 3.8) is 0 Å². The number of nitrogens with two attached hydrogens (primary N) is 2. The molecule has 0 aliphatic heterocycles. The molecule has 0 aromatic carbocycles. The topological polar surface area (TPSA) is 121 Å². The molecule has 4 rings (SSSR count). The lowest BCUT2D eigenvalue weighted by molar-refractivity contribution is -0.138. The van der Waals surface area contributed by atoms with Gasteiger partial charge in [-0.2, -0.15) is 26.3 Å². The largest absolute Gasteiger partial charge is 0.417 e. The molecule has 0 radical (unpaired) electrons. The van der Waals surface area contributed by atoms with E-state index in [9.17, 15) is 26.3 Å². The van der Waals surface area contributed by atoms with Crippen LogP contribution in [-0.4, -0.2) is 35.5 Å². The Hall–Kier alpha value is -4.41. The van der Waals surface area contributed by atoms with Gasteiger partial charge in [0, 0.05) is 31.2 Å². The fourth-order valence-electron chi connectivity index (χ4n) is 3.98. The maximum atomic E-state index is 13.0. The van der Waals surface area contributed by atoms with Crippen LogP contribution in [0.5, 0.6) is 0 Å². The summed E-state index contributed by atoms with van der Waals surface area (Å²) in [4.78, 5) is 20.9. The lowest BCUT2D eigenvalue weighted by Gasteiger charge is -2.26. The van der Waals surface area contributed by atoms with Gasteiger partial charge in [-0.25, -0.2) is 19.9 Å². The van der Waals surface area contributed by atoms with Gasteiger partial charge in [0.05, 0.1) is 22.5 Å². The summed E-state index contributed by atoms with van der Waals surface area (Å²) < 4.78 is 78.4. The highest BCUT2D eigenvalue weighted by atomic mass is 19.4. The second-order valence-corrected chi connectivity index (χ2v) is 8.59. The number of nitrogens with zero attached hydrogens (tertiary/aromatic N) is 6. The number of pyridine rings is 1. The van der Waals surface area contributed by atoms with Crippen molar-refractivity contribution in [2.75, 3.05) is 11.5 Å². The van der Waals surface area contributed by atoms with Gasteiger partial charge in [-0.1, -0.05) is 5.92 Å². The molecule has 8 nitrogen and oxygen atoms in total. The Morgan fingerprint density at radius 3 is 2.24 bits per heavy atom. The van der Waals surface area contributed by atoms with E-state index in [4.69, 9.17) is 17.9 Å². The molecule has 1 atom stereocenters. The van der Waals surface area contributed by atoms with Crippen molar-refractivity contribution in [1.82, 2.24) is 29.3 Å². The van der Waals surface area contributed by atoms with Crippen LogP contribution in [0.4, 0.5) is 38.0 Å². The minimum Gasteiger partial charge on any atom is -0.383 e. The number of halogens is 6. The number of nitrogen functional groups attached to an aromatic ring is 2. The highest BCUT2D eigenvalue weighted by Crippen LogP contribution is 2.38. The van der Waals surface area contributed by atoms with E-state index >= 15 is 0 Å². The molecule has 0 bridgehead atoms. The predicted octanol–water partition coefficient (Wildman–Crippen LogP) is 4.59. The molecule has 14 heteroatoms. The van der Waals surface area contributed by atoms with Crippen molar-refractivity contribution in [2.24, 2.45) is 0 Å². The molecule has 0 fully saturated rings. The van der Waals surface area contributed by atoms with Crippen LogP contribution in [0.1, 0.15) is 42.3 Å². The molecule has 0 aliphatic carbocycles. The van der Waals surface area contributed by atoms with Gasteiger partial charge in [0.1, 0.15) is 22.7 Å². The van der Waals surface area contributed by atoms with Gasteiger partial charge >= 0.3 is 12.4 Å². The number of alkyl halides is 6. The summed E-state index contributed by atoms with van der Waals surface area (Å²) in [5, 5.41) is 0. The summed E-state index contributed by atoms with van der Waals surface area (Å²) in [6, 6.07) is 1.96. The molecule has 1 unspecified atom stereocenters. The molecule has 0 spiro atoms. The van der Waals surface area contributed by atoms with Crippen LogP contribution < -0.4 is 11.5 Å². The Kier molecular flexibility index (Phi) is 6.64. The van der Waals surface area contributed by atoms with Gasteiger partial charge in [-0.05, 0) is 31.9 Å². The van der Waals surface area contributed by atoms with Crippen LogP contribution in [-0.2, 0) is 18.0 Å². The predicted molar refractivity (Wildman–Crippen MR) is 126 cm³/mol. The lowest BCUT2D eigenvalue weighted by Crippen LogP contribution is -2.27. The maximum absolute atomic E-state index is 13.0. The molecule has 4 N–H and O–H groups in total. The number of rotatable bonds is 6. The Balaban J connectivity index is 1.74. The number of hydrogen-bond donors (Lipinski definition) is 2. The number of hydrogen-bond acceptors (Lipinski definition) is 7. The van der Waals surface area contributed by atoms with E-state index < -0.39 is 29.8 Å². The zero-order chi connectivity index (χ0) is 27.9. The average Bonchev–Trinajstić information content (AvgIpc) is 3.31. The van der Waals surface area contributed by atoms with Gasteiger partial charge in [0.2, 0.25) is 0 Å². The number of imidazole rings is 1. The molecule has 0 amide bonds. The third kappa shape index (κ3) is 5.17. The lowest BCUT2D eigenvalue weighted by atomic mass is 9.80. The first kappa shape index (κ1) is 26.6. The van der Waals surface area contributed by atoms with Crippen molar-refractivity contribution in [3.05, 3.63) is 59.4 Å². The number of aryl methyl sites for hydroxylation is 1. The molecule has 38 heavy (non-hydrogen) atoms. The van der Waals surface area contributed by atoms with E-state index in [1.807, 2.05) is 0 Å². The zero-order valence-electron chi connectivity index (χ0n) is 19.8. The van der Waals surface area contributed by atoms with Crippen LogP contribution in [0.25, 0.3) is 17.2 Å². The van der Waals surface area contributed by atoms with Crippen molar-refractivity contribution in [1.29, 1.82) is 0 Å². The van der Waals surface area contributed by atoms with Crippen LogP contribution >= 0.6 is 0 Å². The summed E-state index contributed by atoms with van der Waals surface area (Å²) in [7, 11) is 0. The van der Waals surface area contributed by atoms with Gasteiger partial charge < -0.3 is 15.9 Å². The SMILES string of the molecule is C#CC(C)(c1ccc(C(F)(F)F)cn1)c1c(N)nc(-c2cn3ccnc3c(CCCC(F)(F)F)n2)nc1N. The Morgan fingerprint density at radius 2 is 1.68 bits per heavy atom. The molecule has 4 aromatic heterocycles. The molecule has 0 saturated heterocycles. The third-order valence-corrected chi connectivity index (χ3v) is 5.90. The Bertz CT molecular complexity index is 1500. The molecular formula is C24H20F6N8. The van der Waals surface area contributed by atoms with Crippen LogP contribution in [0.15, 0.2) is 36.9 Å². The maximum Gasteiger partial charge on any atom is 0.417 e. The summed E-state index contributed by atoms with van der Waals surface area (Å²) >= 11 is 0. The monoisotopic (exact) mass is 534 g/mol. The highest BCUT2D eigenvalue weighted by molar-refractivity contribution is 5.67. The van der Waals surface area contributed by atoms with Gasteiger partial charge in [-0.3, -0.25) is 4.98 Å². The second-order valence-electron chi connectivity index (χ2n) is 8.59. The van der Waals surface area contributed by atoms with Gasteiger partial charge in [-0.15, -0.1) is 6.42 Å². The van der Waals surface area contributed by atoms with E-state index in [1.165, 1.54) is 19.3 Å². The molecule has 0 saturated carbocycles. The van der Waals surface area contributed by atoms with E-state index in [1.54, 1.807) is 10.6 Å². The minimum absolute atomic E-state index is 0.00827. The normalized spacial score (nSPS) is 13.8. The number of terminal acetylenes is 1. The summed E-state index contributed by atoms with van der Waals surface area (Å²) in [5.41, 5.74) is 10.9. The van der Waals surface area contributed by atoms with Crippen LogP contribution in [0.3, 0.4) is 0 Å². The third-order valence-electron chi connectivity index (χ3n) is 5.90. The zero-order valence-corrected chi connectivity index (χ0v) is 19.8. The first-order valence-corrected chi connectivity index (χ1v) is 11.1. The Labute approximate surface area is 212 Å². The van der Waals surface area contributed by atoms with Crippen molar-refractivity contribution >= 4 is 17.3 Å². The standard InChI is InChI=1S/C24H20F6N8/c1-3-22(2,16-7-6-13(11-34-16)24(28,29)30)17-18(31)36-20(37-19(17)32)15-12-38-10-9-33-21(38)14(35-15)5-4-8-23(25,26)27/h1,6-7,9-12H,4-5,8H2,2H3,(H4,31,32,36,37). The van der Waals surface area contributed by atoms with E-state index in [2.05, 4.69) is 30.8 Å². The highest BCUT2D eigenvalue weighted by Gasteiger charge is 2.36. The summed E-state index contributed by atoms with van der Waals surface area (Å²) in [6.07, 6.45) is 0.873. The van der Waals surface area contributed by atoms with Gasteiger partial charge in [0.15, 0.2) is 11.5 Å². The number of aromatic nitrogens is 6.